The smallest absolute Gasteiger partial charge is 0.301 e. The maximum Gasteiger partial charge on any atom is 0.301 e. The maximum absolute atomic E-state index is 13.6. The molecule has 1 N–H and O–H groups in total. The zero-order chi connectivity index (χ0) is 26.0. The molecule has 1 atom stereocenters. The van der Waals surface area contributed by atoms with E-state index in [4.69, 9.17) is 4.98 Å². The lowest BCUT2D eigenvalue weighted by atomic mass is 9.96. The summed E-state index contributed by atoms with van der Waals surface area (Å²) in [4.78, 5) is 37.9. The molecule has 0 aliphatic carbocycles. The number of benzene rings is 2. The third-order valence-electron chi connectivity index (χ3n) is 6.79. The molecule has 1 aliphatic heterocycles. The van der Waals surface area contributed by atoms with E-state index in [9.17, 15) is 14.7 Å². The number of hydrogen-bond donors (Lipinski definition) is 1. The fourth-order valence-corrected chi connectivity index (χ4v) is 6.25. The molecule has 1 fully saturated rings. The number of aliphatic hydroxyl groups is 1. The van der Waals surface area contributed by atoms with Gasteiger partial charge in [-0.05, 0) is 62.6 Å². The number of nitrogens with zero attached hydrogens (tertiary/aromatic N) is 4. The Kier molecular flexibility index (Phi) is 5.24. The highest BCUT2D eigenvalue weighted by Crippen LogP contribution is 2.45. The minimum absolute atomic E-state index is 0.0229. The lowest BCUT2D eigenvalue weighted by molar-refractivity contribution is -0.132. The molecule has 5 aromatic rings. The summed E-state index contributed by atoms with van der Waals surface area (Å²) in [5, 5.41) is 12.1. The van der Waals surface area contributed by atoms with Crippen LogP contribution in [0.4, 0.5) is 5.13 Å². The summed E-state index contributed by atoms with van der Waals surface area (Å²) >= 11 is 1.37. The van der Waals surface area contributed by atoms with Gasteiger partial charge in [0.25, 0.3) is 5.78 Å². The van der Waals surface area contributed by atoms with E-state index in [-0.39, 0.29) is 11.3 Å². The lowest BCUT2D eigenvalue weighted by Gasteiger charge is -2.23. The van der Waals surface area contributed by atoms with E-state index in [1.165, 1.54) is 16.2 Å². The summed E-state index contributed by atoms with van der Waals surface area (Å²) in [5.41, 5.74) is 6.27. The summed E-state index contributed by atoms with van der Waals surface area (Å²) in [7, 11) is 0. The third kappa shape index (κ3) is 3.55. The molecule has 6 rings (SSSR count). The zero-order valence-corrected chi connectivity index (χ0v) is 21.6. The molecular weight excluding hydrogens is 484 g/mol. The van der Waals surface area contributed by atoms with Gasteiger partial charge in [0.15, 0.2) is 10.9 Å². The predicted molar refractivity (Wildman–Crippen MR) is 145 cm³/mol. The van der Waals surface area contributed by atoms with E-state index in [1.807, 2.05) is 75.4 Å². The molecule has 0 radical (unpaired) electrons. The summed E-state index contributed by atoms with van der Waals surface area (Å²) in [6.07, 6.45) is 1.78. The van der Waals surface area contributed by atoms with Crippen LogP contribution >= 0.6 is 11.3 Å². The molecule has 0 spiro atoms. The number of Topliss-reactive ketones (excluding diaryl/α,β-unsaturated/α-hetero) is 1. The first kappa shape index (κ1) is 23.1. The number of thiazole rings is 1. The summed E-state index contributed by atoms with van der Waals surface area (Å²) < 4.78 is 2.67. The number of imidazole rings is 1. The second-order valence-corrected chi connectivity index (χ2v) is 10.5. The number of aromatic nitrogens is 3. The summed E-state index contributed by atoms with van der Waals surface area (Å²) in [5.74, 6) is -1.72. The van der Waals surface area contributed by atoms with Crippen LogP contribution in [0.3, 0.4) is 0 Å². The normalized spacial score (nSPS) is 17.4. The van der Waals surface area contributed by atoms with Gasteiger partial charge >= 0.3 is 5.91 Å². The minimum atomic E-state index is -0.837. The molecule has 184 valence electrons. The number of pyridine rings is 1. The average molecular weight is 509 g/mol. The Morgan fingerprint density at radius 1 is 0.946 bits per heavy atom. The van der Waals surface area contributed by atoms with Gasteiger partial charge in [0, 0.05) is 6.20 Å². The van der Waals surface area contributed by atoms with E-state index >= 15 is 0 Å². The first-order valence-corrected chi connectivity index (χ1v) is 12.8. The van der Waals surface area contributed by atoms with Crippen molar-refractivity contribution < 1.29 is 14.7 Å². The van der Waals surface area contributed by atoms with Crippen LogP contribution < -0.4 is 4.90 Å². The van der Waals surface area contributed by atoms with Crippen LogP contribution in [0.2, 0.25) is 0 Å². The number of carbonyl (C=O) groups excluding carboxylic acids is 2. The topological polar surface area (TPSA) is 87.8 Å². The van der Waals surface area contributed by atoms with Crippen molar-refractivity contribution in [2.24, 2.45) is 0 Å². The largest absolute Gasteiger partial charge is 0.505 e. The van der Waals surface area contributed by atoms with Gasteiger partial charge in [0.05, 0.1) is 27.5 Å². The average Bonchev–Trinajstić information content (AvgIpc) is 3.51. The van der Waals surface area contributed by atoms with Gasteiger partial charge in [-0.3, -0.25) is 18.9 Å². The lowest BCUT2D eigenvalue weighted by Crippen LogP contribution is -2.29. The fourth-order valence-electron chi connectivity index (χ4n) is 5.08. The summed E-state index contributed by atoms with van der Waals surface area (Å²) in [6, 6.07) is 16.4. The Bertz CT molecular complexity index is 1780. The number of anilines is 1. The van der Waals surface area contributed by atoms with Crippen LogP contribution in [0.1, 0.15) is 39.7 Å². The van der Waals surface area contributed by atoms with Crippen molar-refractivity contribution in [3.05, 3.63) is 100 Å². The maximum atomic E-state index is 13.6. The summed E-state index contributed by atoms with van der Waals surface area (Å²) in [6.45, 7) is 7.75. The van der Waals surface area contributed by atoms with Gasteiger partial charge in [0.2, 0.25) is 0 Å². The Labute approximate surface area is 217 Å². The van der Waals surface area contributed by atoms with Crippen molar-refractivity contribution in [2.45, 2.75) is 33.7 Å². The molecule has 1 aliphatic rings. The van der Waals surface area contributed by atoms with E-state index in [2.05, 4.69) is 4.98 Å². The number of aryl methyl sites for hydroxylation is 4. The molecule has 0 bridgehead atoms. The number of fused-ring (bicyclic) bond motifs is 2. The van der Waals surface area contributed by atoms with Crippen molar-refractivity contribution in [2.75, 3.05) is 4.90 Å². The third-order valence-corrected chi connectivity index (χ3v) is 7.79. The number of ketones is 1. The molecule has 0 saturated carbocycles. The SMILES string of the molecule is Cc1ccc(C2/C(=C(\O)c3c(C)nc4ccccn34)C(=O)C(=O)N2c2nc3c(C)cc(C)cc3s2)cc1. The van der Waals surface area contributed by atoms with Crippen molar-refractivity contribution in [1.29, 1.82) is 0 Å². The number of amides is 1. The first-order valence-electron chi connectivity index (χ1n) is 11.9. The van der Waals surface area contributed by atoms with E-state index in [0.29, 0.717) is 27.7 Å². The molecule has 3 aromatic heterocycles. The fraction of sp³-hybridized carbons (Fsp3) is 0.172. The predicted octanol–water partition coefficient (Wildman–Crippen LogP) is 5.80. The van der Waals surface area contributed by atoms with Crippen molar-refractivity contribution in [3.8, 4) is 0 Å². The molecular formula is C29H24N4O3S. The Hall–Kier alpha value is -4.30. The highest BCUT2D eigenvalue weighted by Gasteiger charge is 2.48. The van der Waals surface area contributed by atoms with E-state index in [0.717, 1.165) is 26.9 Å². The Morgan fingerprint density at radius 3 is 2.46 bits per heavy atom. The van der Waals surface area contributed by atoms with E-state index < -0.39 is 17.7 Å². The van der Waals surface area contributed by atoms with Crippen molar-refractivity contribution >= 4 is 49.8 Å². The van der Waals surface area contributed by atoms with Gasteiger partial charge < -0.3 is 5.11 Å². The molecule has 8 heteroatoms. The molecule has 4 heterocycles. The van der Waals surface area contributed by atoms with Gasteiger partial charge in [-0.1, -0.05) is 53.3 Å². The first-order chi connectivity index (χ1) is 17.7. The van der Waals surface area contributed by atoms with Crippen LogP contribution in [0, 0.1) is 27.7 Å². The molecule has 1 saturated heterocycles. The van der Waals surface area contributed by atoms with Crippen molar-refractivity contribution in [3.63, 3.8) is 0 Å². The Balaban J connectivity index is 1.62. The van der Waals surface area contributed by atoms with Crippen LogP contribution in [0.5, 0.6) is 0 Å². The van der Waals surface area contributed by atoms with Crippen LogP contribution in [0.25, 0.3) is 21.6 Å². The highest BCUT2D eigenvalue weighted by atomic mass is 32.1. The molecule has 1 unspecified atom stereocenters. The number of rotatable bonds is 3. The van der Waals surface area contributed by atoms with Gasteiger partial charge in [-0.15, -0.1) is 0 Å². The molecule has 37 heavy (non-hydrogen) atoms. The zero-order valence-electron chi connectivity index (χ0n) is 20.8. The highest BCUT2D eigenvalue weighted by molar-refractivity contribution is 7.22. The number of carbonyl (C=O) groups is 2. The Morgan fingerprint density at radius 2 is 1.70 bits per heavy atom. The number of aliphatic hydroxyl groups excluding tert-OH is 1. The molecule has 1 amide bonds. The molecule has 2 aromatic carbocycles. The second kappa shape index (κ2) is 8.38. The van der Waals surface area contributed by atoms with Crippen LogP contribution in [0.15, 0.2) is 66.4 Å². The standard InChI is InChI=1S/C29H24N4O3S/c1-15-8-10-19(11-9-15)25-22(26(34)24-18(4)30-21-7-5-6-12-32(21)24)27(35)28(36)33(25)29-31-23-17(3)13-16(2)14-20(23)37-29/h5-14,25,34H,1-4H3/b26-22+. The van der Waals surface area contributed by atoms with Gasteiger partial charge in [-0.2, -0.15) is 0 Å². The van der Waals surface area contributed by atoms with Crippen LogP contribution in [-0.2, 0) is 9.59 Å². The quantitative estimate of drug-likeness (QED) is 0.189. The monoisotopic (exact) mass is 508 g/mol. The van der Waals surface area contributed by atoms with Gasteiger partial charge in [-0.25, -0.2) is 9.97 Å². The minimum Gasteiger partial charge on any atom is -0.505 e. The second-order valence-electron chi connectivity index (χ2n) is 9.48. The van der Waals surface area contributed by atoms with E-state index in [1.54, 1.807) is 17.5 Å². The van der Waals surface area contributed by atoms with Crippen LogP contribution in [-0.4, -0.2) is 31.2 Å². The van der Waals surface area contributed by atoms with Crippen molar-refractivity contribution in [1.82, 2.24) is 14.4 Å². The van der Waals surface area contributed by atoms with Gasteiger partial charge in [0.1, 0.15) is 11.3 Å². The molecule has 7 nitrogen and oxygen atoms in total. The number of hydrogen-bond acceptors (Lipinski definition) is 6.